The van der Waals surface area contributed by atoms with Crippen LogP contribution < -0.4 is 5.73 Å². The molecule has 5 heteroatoms. The molecule has 0 bridgehead atoms. The van der Waals surface area contributed by atoms with Gasteiger partial charge in [0.2, 0.25) is 0 Å². The number of nitrogen functional groups attached to an aromatic ring is 1. The highest BCUT2D eigenvalue weighted by molar-refractivity contribution is 5.96. The standard InChI is InChI=1S/C8H6N2O3/c9-5-1-4(8(11)12)2-6-7(5)13-3-10-6/h1-3H,9H2,(H,11,12). The first-order valence-corrected chi connectivity index (χ1v) is 3.54. The Balaban J connectivity index is 2.77. The number of rotatable bonds is 1. The summed E-state index contributed by atoms with van der Waals surface area (Å²) < 4.78 is 4.95. The molecule has 0 spiro atoms. The van der Waals surface area contributed by atoms with E-state index in [1.54, 1.807) is 0 Å². The monoisotopic (exact) mass is 178 g/mol. The predicted molar refractivity (Wildman–Crippen MR) is 45.4 cm³/mol. The minimum absolute atomic E-state index is 0.110. The lowest BCUT2D eigenvalue weighted by Crippen LogP contribution is -1.98. The summed E-state index contributed by atoms with van der Waals surface area (Å²) in [5.41, 5.74) is 6.81. The van der Waals surface area contributed by atoms with E-state index in [0.717, 1.165) is 0 Å². The van der Waals surface area contributed by atoms with E-state index < -0.39 is 5.97 Å². The molecule has 0 unspecified atom stereocenters. The molecule has 3 N–H and O–H groups in total. The summed E-state index contributed by atoms with van der Waals surface area (Å²) in [5, 5.41) is 8.69. The minimum Gasteiger partial charge on any atom is -0.478 e. The van der Waals surface area contributed by atoms with Crippen molar-refractivity contribution in [3.63, 3.8) is 0 Å². The van der Waals surface area contributed by atoms with Gasteiger partial charge in [-0.15, -0.1) is 0 Å². The summed E-state index contributed by atoms with van der Waals surface area (Å²) in [4.78, 5) is 14.4. The first-order valence-electron chi connectivity index (χ1n) is 3.54. The maximum atomic E-state index is 10.6. The molecular weight excluding hydrogens is 172 g/mol. The van der Waals surface area contributed by atoms with Crippen molar-refractivity contribution >= 4 is 22.8 Å². The molecule has 2 rings (SSSR count). The van der Waals surface area contributed by atoms with Crippen LogP contribution in [0.3, 0.4) is 0 Å². The average molecular weight is 178 g/mol. The number of aromatic nitrogens is 1. The summed E-state index contributed by atoms with van der Waals surface area (Å²) >= 11 is 0. The fourth-order valence-electron chi connectivity index (χ4n) is 1.12. The van der Waals surface area contributed by atoms with Crippen LogP contribution in [-0.4, -0.2) is 16.1 Å². The van der Waals surface area contributed by atoms with Crippen LogP contribution in [-0.2, 0) is 0 Å². The number of oxazole rings is 1. The Morgan fingerprint density at radius 2 is 2.31 bits per heavy atom. The van der Waals surface area contributed by atoms with Gasteiger partial charge in [0.15, 0.2) is 12.0 Å². The average Bonchev–Trinajstić information content (AvgIpc) is 2.51. The second-order valence-electron chi connectivity index (χ2n) is 2.57. The van der Waals surface area contributed by atoms with E-state index >= 15 is 0 Å². The highest BCUT2D eigenvalue weighted by Gasteiger charge is 2.09. The summed E-state index contributed by atoms with van der Waals surface area (Å²) in [5.74, 6) is -1.03. The molecule has 0 aliphatic carbocycles. The van der Waals surface area contributed by atoms with Crippen molar-refractivity contribution in [2.45, 2.75) is 0 Å². The van der Waals surface area contributed by atoms with Crippen LogP contribution in [0.25, 0.3) is 11.1 Å². The Kier molecular flexibility index (Phi) is 1.45. The number of hydrogen-bond acceptors (Lipinski definition) is 4. The Hall–Kier alpha value is -2.04. The van der Waals surface area contributed by atoms with Crippen LogP contribution in [0.4, 0.5) is 5.69 Å². The number of carboxylic acids is 1. The fraction of sp³-hybridized carbons (Fsp3) is 0. The fourth-order valence-corrected chi connectivity index (χ4v) is 1.12. The molecule has 5 nitrogen and oxygen atoms in total. The van der Waals surface area contributed by atoms with Crippen LogP contribution in [0, 0.1) is 0 Å². The zero-order chi connectivity index (χ0) is 9.42. The van der Waals surface area contributed by atoms with Crippen molar-refractivity contribution in [3.8, 4) is 0 Å². The normalized spacial score (nSPS) is 10.5. The maximum absolute atomic E-state index is 10.6. The van der Waals surface area contributed by atoms with E-state index in [1.807, 2.05) is 0 Å². The van der Waals surface area contributed by atoms with Gasteiger partial charge in [-0.05, 0) is 12.1 Å². The van der Waals surface area contributed by atoms with Crippen molar-refractivity contribution in [1.29, 1.82) is 0 Å². The topological polar surface area (TPSA) is 89.4 Å². The lowest BCUT2D eigenvalue weighted by molar-refractivity contribution is 0.0697. The van der Waals surface area contributed by atoms with Crippen LogP contribution in [0.15, 0.2) is 22.9 Å². The molecule has 66 valence electrons. The summed E-state index contributed by atoms with van der Waals surface area (Å²) in [6, 6.07) is 2.76. The van der Waals surface area contributed by atoms with Crippen molar-refractivity contribution in [2.75, 3.05) is 5.73 Å². The molecule has 1 heterocycles. The highest BCUT2D eigenvalue weighted by Crippen LogP contribution is 2.21. The van der Waals surface area contributed by atoms with Crippen molar-refractivity contribution in [1.82, 2.24) is 4.98 Å². The maximum Gasteiger partial charge on any atom is 0.335 e. The Bertz CT molecular complexity index is 475. The first kappa shape index (κ1) is 7.60. The van der Waals surface area contributed by atoms with Crippen molar-refractivity contribution in [3.05, 3.63) is 24.1 Å². The van der Waals surface area contributed by atoms with E-state index in [1.165, 1.54) is 18.5 Å². The lowest BCUT2D eigenvalue weighted by atomic mass is 10.2. The number of anilines is 1. The largest absolute Gasteiger partial charge is 0.478 e. The van der Waals surface area contributed by atoms with E-state index in [4.69, 9.17) is 15.3 Å². The van der Waals surface area contributed by atoms with Gasteiger partial charge in [-0.3, -0.25) is 0 Å². The highest BCUT2D eigenvalue weighted by atomic mass is 16.4. The number of nitrogens with two attached hydrogens (primary N) is 1. The molecule has 2 aromatic rings. The zero-order valence-corrected chi connectivity index (χ0v) is 6.52. The van der Waals surface area contributed by atoms with Gasteiger partial charge < -0.3 is 15.3 Å². The van der Waals surface area contributed by atoms with Gasteiger partial charge in [0.1, 0.15) is 5.52 Å². The Labute approximate surface area is 72.8 Å². The lowest BCUT2D eigenvalue weighted by Gasteiger charge is -1.96. The van der Waals surface area contributed by atoms with E-state index in [0.29, 0.717) is 11.1 Å². The number of carbonyl (C=O) groups is 1. The SMILES string of the molecule is Nc1cc(C(=O)O)cc2ncoc12. The third kappa shape index (κ3) is 1.10. The third-order valence-corrected chi connectivity index (χ3v) is 1.71. The van der Waals surface area contributed by atoms with E-state index in [9.17, 15) is 4.79 Å². The molecule has 0 fully saturated rings. The molecule has 1 aromatic carbocycles. The first-order chi connectivity index (χ1) is 6.18. The number of nitrogens with zero attached hydrogens (tertiary/aromatic N) is 1. The Morgan fingerprint density at radius 3 is 3.00 bits per heavy atom. The van der Waals surface area contributed by atoms with Crippen LogP contribution in [0.2, 0.25) is 0 Å². The summed E-state index contributed by atoms with van der Waals surface area (Å²) in [7, 11) is 0. The Morgan fingerprint density at radius 1 is 1.54 bits per heavy atom. The second-order valence-corrected chi connectivity index (χ2v) is 2.57. The molecule has 0 atom stereocenters. The zero-order valence-electron chi connectivity index (χ0n) is 6.52. The van der Waals surface area contributed by atoms with Crippen molar-refractivity contribution < 1.29 is 14.3 Å². The smallest absolute Gasteiger partial charge is 0.335 e. The number of fused-ring (bicyclic) bond motifs is 1. The molecule has 0 saturated heterocycles. The van der Waals surface area contributed by atoms with Gasteiger partial charge in [-0.2, -0.15) is 0 Å². The molecule has 13 heavy (non-hydrogen) atoms. The second kappa shape index (κ2) is 2.48. The van der Waals surface area contributed by atoms with Gasteiger partial charge in [0.05, 0.1) is 11.3 Å². The van der Waals surface area contributed by atoms with E-state index in [2.05, 4.69) is 4.98 Å². The van der Waals surface area contributed by atoms with Crippen molar-refractivity contribution in [2.24, 2.45) is 0 Å². The van der Waals surface area contributed by atoms with Gasteiger partial charge in [0, 0.05) is 0 Å². The van der Waals surface area contributed by atoms with Gasteiger partial charge in [-0.25, -0.2) is 9.78 Å². The van der Waals surface area contributed by atoms with Gasteiger partial charge >= 0.3 is 5.97 Å². The van der Waals surface area contributed by atoms with Crippen LogP contribution in [0.1, 0.15) is 10.4 Å². The molecule has 1 aromatic heterocycles. The molecule has 0 aliphatic rings. The molecular formula is C8H6N2O3. The number of carboxylic acid groups (broad SMARTS) is 1. The van der Waals surface area contributed by atoms with Crippen LogP contribution in [0.5, 0.6) is 0 Å². The number of benzene rings is 1. The quantitative estimate of drug-likeness (QED) is 0.638. The van der Waals surface area contributed by atoms with E-state index in [-0.39, 0.29) is 11.3 Å². The number of aromatic carboxylic acids is 1. The molecule has 0 aliphatic heterocycles. The predicted octanol–water partition coefficient (Wildman–Crippen LogP) is 1.11. The van der Waals surface area contributed by atoms with Crippen LogP contribution >= 0.6 is 0 Å². The minimum atomic E-state index is -1.03. The summed E-state index contributed by atoms with van der Waals surface area (Å²) in [6.07, 6.45) is 1.23. The van der Waals surface area contributed by atoms with Gasteiger partial charge in [-0.1, -0.05) is 0 Å². The third-order valence-electron chi connectivity index (χ3n) is 1.71. The molecule has 0 saturated carbocycles. The number of hydrogen-bond donors (Lipinski definition) is 2. The van der Waals surface area contributed by atoms with Gasteiger partial charge in [0.25, 0.3) is 0 Å². The summed E-state index contributed by atoms with van der Waals surface area (Å²) in [6.45, 7) is 0. The molecule has 0 amide bonds. The molecule has 0 radical (unpaired) electrons.